The predicted molar refractivity (Wildman–Crippen MR) is 70.0 cm³/mol. The summed E-state index contributed by atoms with van der Waals surface area (Å²) in [4.78, 5) is 1.37. The van der Waals surface area contributed by atoms with E-state index < -0.39 is 0 Å². The summed E-state index contributed by atoms with van der Waals surface area (Å²) in [6.07, 6.45) is 7.58. The first-order valence-corrected chi connectivity index (χ1v) is 7.87. The van der Waals surface area contributed by atoms with Gasteiger partial charge in [-0.05, 0) is 67.2 Å². The van der Waals surface area contributed by atoms with Crippen molar-refractivity contribution < 1.29 is 5.11 Å². The fourth-order valence-corrected chi connectivity index (χ4v) is 5.78. The highest BCUT2D eigenvalue weighted by Gasteiger charge is 2.56. The Morgan fingerprint density at radius 2 is 1.76 bits per heavy atom. The lowest BCUT2D eigenvalue weighted by molar-refractivity contribution is -0.171. The minimum absolute atomic E-state index is 0.363. The van der Waals surface area contributed by atoms with Gasteiger partial charge in [0.05, 0.1) is 5.60 Å². The van der Waals surface area contributed by atoms with E-state index >= 15 is 0 Å². The van der Waals surface area contributed by atoms with Crippen molar-refractivity contribution in [1.82, 2.24) is 0 Å². The van der Waals surface area contributed by atoms with E-state index in [1.165, 1.54) is 37.0 Å². The van der Waals surface area contributed by atoms with E-state index in [4.69, 9.17) is 0 Å². The zero-order valence-corrected chi connectivity index (χ0v) is 11.0. The smallest absolute Gasteiger partial charge is 0.0752 e. The van der Waals surface area contributed by atoms with Crippen molar-refractivity contribution in [3.63, 3.8) is 0 Å². The summed E-state index contributed by atoms with van der Waals surface area (Å²) in [5.41, 5.74) is -0.363. The zero-order valence-electron chi connectivity index (χ0n) is 10.1. The fourth-order valence-electron chi connectivity index (χ4n) is 4.98. The molecule has 4 fully saturated rings. The lowest BCUT2D eigenvalue weighted by Crippen LogP contribution is -2.58. The van der Waals surface area contributed by atoms with Crippen LogP contribution in [0.1, 0.15) is 37.0 Å². The molecule has 0 unspecified atom stereocenters. The van der Waals surface area contributed by atoms with Gasteiger partial charge in [-0.1, -0.05) is 6.07 Å². The van der Waals surface area contributed by atoms with Gasteiger partial charge in [-0.25, -0.2) is 0 Å². The van der Waals surface area contributed by atoms with Crippen LogP contribution in [0.25, 0.3) is 0 Å². The molecule has 5 rings (SSSR count). The second kappa shape index (κ2) is 3.58. The van der Waals surface area contributed by atoms with E-state index in [-0.39, 0.29) is 5.60 Å². The molecule has 92 valence electrons. The summed E-state index contributed by atoms with van der Waals surface area (Å²) in [7, 11) is 0. The molecule has 0 atom stereocenters. The van der Waals surface area contributed by atoms with E-state index in [1.54, 1.807) is 11.3 Å². The molecule has 1 aromatic rings. The molecule has 4 saturated carbocycles. The molecule has 1 aromatic heterocycles. The highest BCUT2D eigenvalue weighted by molar-refractivity contribution is 7.09. The van der Waals surface area contributed by atoms with E-state index in [9.17, 15) is 5.11 Å². The molecule has 0 amide bonds. The third-order valence-corrected chi connectivity index (χ3v) is 6.47. The van der Waals surface area contributed by atoms with Crippen LogP contribution in [-0.2, 0) is 6.42 Å². The molecule has 0 aliphatic heterocycles. The lowest BCUT2D eigenvalue weighted by atomic mass is 9.49. The maximum atomic E-state index is 11.2. The average Bonchev–Trinajstić information content (AvgIpc) is 2.78. The largest absolute Gasteiger partial charge is 0.389 e. The fraction of sp³-hybridized carbons (Fsp3) is 0.733. The molecule has 2 heteroatoms. The number of hydrogen-bond donors (Lipinski definition) is 1. The zero-order chi connectivity index (χ0) is 11.5. The first-order valence-electron chi connectivity index (χ1n) is 6.99. The van der Waals surface area contributed by atoms with Crippen LogP contribution in [0.4, 0.5) is 0 Å². The SMILES string of the molecule is OC1(Cc2cccs2)C2CC3CC(C2)CC1C3. The molecular formula is C15H20OS. The van der Waals surface area contributed by atoms with Crippen molar-refractivity contribution in [2.45, 2.75) is 44.1 Å². The van der Waals surface area contributed by atoms with Gasteiger partial charge in [0, 0.05) is 11.3 Å². The van der Waals surface area contributed by atoms with Crippen molar-refractivity contribution in [2.75, 3.05) is 0 Å². The molecule has 0 saturated heterocycles. The van der Waals surface area contributed by atoms with E-state index in [2.05, 4.69) is 17.5 Å². The second-order valence-electron chi connectivity index (χ2n) is 6.55. The van der Waals surface area contributed by atoms with Crippen molar-refractivity contribution in [2.24, 2.45) is 23.7 Å². The first-order chi connectivity index (χ1) is 8.24. The highest BCUT2D eigenvalue weighted by atomic mass is 32.1. The second-order valence-corrected chi connectivity index (χ2v) is 7.58. The summed E-state index contributed by atoms with van der Waals surface area (Å²) in [5.74, 6) is 3.09. The van der Waals surface area contributed by atoms with Gasteiger partial charge in [0.15, 0.2) is 0 Å². The summed E-state index contributed by atoms with van der Waals surface area (Å²) in [6.45, 7) is 0. The van der Waals surface area contributed by atoms with Crippen molar-refractivity contribution >= 4 is 11.3 Å². The monoisotopic (exact) mass is 248 g/mol. The molecule has 0 spiro atoms. The Kier molecular flexibility index (Phi) is 2.23. The Morgan fingerprint density at radius 1 is 1.12 bits per heavy atom. The molecule has 1 N–H and O–H groups in total. The summed E-state index contributed by atoms with van der Waals surface area (Å²) in [6, 6.07) is 4.30. The number of aliphatic hydroxyl groups is 1. The van der Waals surface area contributed by atoms with Crippen LogP contribution < -0.4 is 0 Å². The third kappa shape index (κ3) is 1.53. The highest BCUT2D eigenvalue weighted by Crippen LogP contribution is 2.59. The van der Waals surface area contributed by atoms with Crippen LogP contribution in [0.3, 0.4) is 0 Å². The Balaban J connectivity index is 1.64. The molecule has 0 radical (unpaired) electrons. The van der Waals surface area contributed by atoms with Crippen LogP contribution >= 0.6 is 11.3 Å². The van der Waals surface area contributed by atoms with Crippen LogP contribution in [0.5, 0.6) is 0 Å². The van der Waals surface area contributed by atoms with Gasteiger partial charge in [0.25, 0.3) is 0 Å². The van der Waals surface area contributed by atoms with Gasteiger partial charge >= 0.3 is 0 Å². The number of hydrogen-bond acceptors (Lipinski definition) is 2. The third-order valence-electron chi connectivity index (χ3n) is 5.59. The Hall–Kier alpha value is -0.340. The average molecular weight is 248 g/mol. The van der Waals surface area contributed by atoms with Gasteiger partial charge in [-0.2, -0.15) is 0 Å². The van der Waals surface area contributed by atoms with Crippen LogP contribution in [0, 0.1) is 23.7 Å². The topological polar surface area (TPSA) is 20.2 Å². The summed E-state index contributed by atoms with van der Waals surface area (Å²) in [5, 5.41) is 13.3. The molecule has 1 heterocycles. The molecule has 4 aliphatic rings. The van der Waals surface area contributed by atoms with E-state index in [0.29, 0.717) is 11.8 Å². The summed E-state index contributed by atoms with van der Waals surface area (Å²) < 4.78 is 0. The Labute approximate surface area is 107 Å². The predicted octanol–water partition coefficient (Wildman–Crippen LogP) is 3.48. The van der Waals surface area contributed by atoms with Crippen molar-refractivity contribution in [3.05, 3.63) is 22.4 Å². The van der Waals surface area contributed by atoms with Gasteiger partial charge in [0.2, 0.25) is 0 Å². The van der Waals surface area contributed by atoms with Crippen LogP contribution in [0.2, 0.25) is 0 Å². The molecular weight excluding hydrogens is 228 g/mol. The lowest BCUT2D eigenvalue weighted by Gasteiger charge is -2.59. The standard InChI is InChI=1S/C15H20OS/c16-15(9-14-2-1-3-17-14)12-5-10-4-11(7-12)8-13(15)6-10/h1-3,10-13,16H,4-9H2. The number of thiophene rings is 1. The van der Waals surface area contributed by atoms with Gasteiger partial charge in [-0.3, -0.25) is 0 Å². The Bertz CT molecular complexity index is 381. The van der Waals surface area contributed by atoms with Gasteiger partial charge < -0.3 is 5.11 Å². The van der Waals surface area contributed by atoms with Crippen LogP contribution in [-0.4, -0.2) is 10.7 Å². The maximum Gasteiger partial charge on any atom is 0.0752 e. The van der Waals surface area contributed by atoms with Crippen molar-refractivity contribution in [1.29, 1.82) is 0 Å². The van der Waals surface area contributed by atoms with E-state index in [1.807, 2.05) is 0 Å². The molecule has 1 nitrogen and oxygen atoms in total. The Morgan fingerprint density at radius 3 is 2.29 bits per heavy atom. The normalized spacial score (nSPS) is 47.6. The summed E-state index contributed by atoms with van der Waals surface area (Å²) >= 11 is 1.81. The van der Waals surface area contributed by atoms with Gasteiger partial charge in [0.1, 0.15) is 0 Å². The quantitative estimate of drug-likeness (QED) is 0.849. The van der Waals surface area contributed by atoms with Crippen LogP contribution in [0.15, 0.2) is 17.5 Å². The number of rotatable bonds is 2. The molecule has 4 bridgehead atoms. The maximum absolute atomic E-state index is 11.2. The van der Waals surface area contributed by atoms with Gasteiger partial charge in [-0.15, -0.1) is 11.3 Å². The molecule has 17 heavy (non-hydrogen) atoms. The minimum Gasteiger partial charge on any atom is -0.389 e. The minimum atomic E-state index is -0.363. The molecule has 0 aromatic carbocycles. The van der Waals surface area contributed by atoms with E-state index in [0.717, 1.165) is 18.3 Å². The molecule has 4 aliphatic carbocycles. The van der Waals surface area contributed by atoms with Crippen molar-refractivity contribution in [3.8, 4) is 0 Å². The first kappa shape index (κ1) is 10.6.